The Balaban J connectivity index is 1.88. The molecule has 0 atom stereocenters. The second-order valence-corrected chi connectivity index (χ2v) is 12.2. The summed E-state index contributed by atoms with van der Waals surface area (Å²) in [4.78, 5) is 0. The highest BCUT2D eigenvalue weighted by Crippen LogP contribution is 2.31. The van der Waals surface area contributed by atoms with E-state index in [1.807, 2.05) is 0 Å². The molecule has 25 heavy (non-hydrogen) atoms. The van der Waals surface area contributed by atoms with E-state index < -0.39 is 8.07 Å². The first kappa shape index (κ1) is 15.7. The zero-order valence-corrected chi connectivity index (χ0v) is 15.9. The van der Waals surface area contributed by atoms with E-state index in [0.29, 0.717) is 0 Å². The monoisotopic (exact) mass is 339 g/mol. The third-order valence-corrected chi connectivity index (χ3v) is 5.16. The van der Waals surface area contributed by atoms with Crippen LogP contribution in [0.2, 0.25) is 19.6 Å². The standard InChI is InChI=1S/C23H21NSi/c1-25(2,3)17-16-18-12-14-19(15-13-18)24-22-10-6-4-8-20(22)21-9-5-7-11-23(21)24/h4-15H,1-3H3. The van der Waals surface area contributed by atoms with Crippen LogP contribution in [0, 0.1) is 11.5 Å². The maximum absolute atomic E-state index is 3.43. The molecule has 0 aliphatic rings. The number of nitrogens with zero attached hydrogens (tertiary/aromatic N) is 1. The number of benzene rings is 3. The van der Waals surface area contributed by atoms with Crippen LogP contribution in [0.1, 0.15) is 5.56 Å². The largest absolute Gasteiger partial charge is 0.309 e. The summed E-state index contributed by atoms with van der Waals surface area (Å²) in [5.74, 6) is 3.33. The van der Waals surface area contributed by atoms with Crippen LogP contribution in [-0.4, -0.2) is 12.6 Å². The van der Waals surface area contributed by atoms with Gasteiger partial charge in [-0.15, -0.1) is 5.54 Å². The van der Waals surface area contributed by atoms with Gasteiger partial charge in [0.2, 0.25) is 0 Å². The summed E-state index contributed by atoms with van der Waals surface area (Å²) in [6.07, 6.45) is 0. The van der Waals surface area contributed by atoms with Gasteiger partial charge in [-0.05, 0) is 36.4 Å². The number of aromatic nitrogens is 1. The van der Waals surface area contributed by atoms with Crippen molar-refractivity contribution in [2.45, 2.75) is 19.6 Å². The number of hydrogen-bond acceptors (Lipinski definition) is 0. The fourth-order valence-corrected chi connectivity index (χ4v) is 3.67. The van der Waals surface area contributed by atoms with Crippen molar-refractivity contribution < 1.29 is 0 Å². The molecule has 4 rings (SSSR count). The van der Waals surface area contributed by atoms with E-state index in [1.165, 1.54) is 27.5 Å². The molecule has 3 aromatic carbocycles. The molecule has 0 spiro atoms. The van der Waals surface area contributed by atoms with E-state index in [0.717, 1.165) is 5.56 Å². The second-order valence-electron chi connectivity index (χ2n) is 7.42. The van der Waals surface area contributed by atoms with Gasteiger partial charge in [0.05, 0.1) is 11.0 Å². The summed E-state index contributed by atoms with van der Waals surface area (Å²) in [7, 11) is -1.35. The summed E-state index contributed by atoms with van der Waals surface area (Å²) < 4.78 is 2.33. The molecule has 0 N–H and O–H groups in total. The molecule has 4 aromatic rings. The normalized spacial score (nSPS) is 11.5. The number of para-hydroxylation sites is 2. The zero-order chi connectivity index (χ0) is 17.4. The van der Waals surface area contributed by atoms with Gasteiger partial charge < -0.3 is 4.57 Å². The number of rotatable bonds is 1. The van der Waals surface area contributed by atoms with Gasteiger partial charge in [0.1, 0.15) is 8.07 Å². The first-order chi connectivity index (χ1) is 12.0. The molecule has 0 aliphatic heterocycles. The molecular formula is C23H21NSi. The van der Waals surface area contributed by atoms with Crippen LogP contribution >= 0.6 is 0 Å². The third-order valence-electron chi connectivity index (χ3n) is 4.29. The molecule has 0 unspecified atom stereocenters. The van der Waals surface area contributed by atoms with Gasteiger partial charge in [-0.2, -0.15) is 0 Å². The minimum Gasteiger partial charge on any atom is -0.309 e. The van der Waals surface area contributed by atoms with Crippen molar-refractivity contribution in [3.05, 3.63) is 78.4 Å². The van der Waals surface area contributed by atoms with Gasteiger partial charge >= 0.3 is 0 Å². The van der Waals surface area contributed by atoms with Gasteiger partial charge in [0, 0.05) is 22.0 Å². The highest BCUT2D eigenvalue weighted by atomic mass is 28.3. The Morgan fingerprint density at radius 2 is 1.20 bits per heavy atom. The fraction of sp³-hybridized carbons (Fsp3) is 0.130. The van der Waals surface area contributed by atoms with E-state index in [2.05, 4.69) is 108 Å². The van der Waals surface area contributed by atoms with Crippen molar-refractivity contribution in [1.29, 1.82) is 0 Å². The maximum Gasteiger partial charge on any atom is 0.129 e. The van der Waals surface area contributed by atoms with Gasteiger partial charge in [-0.3, -0.25) is 0 Å². The molecule has 2 heteroatoms. The van der Waals surface area contributed by atoms with Crippen molar-refractivity contribution >= 4 is 29.9 Å². The Morgan fingerprint density at radius 3 is 1.72 bits per heavy atom. The third kappa shape index (κ3) is 2.99. The van der Waals surface area contributed by atoms with Gasteiger partial charge in [0.25, 0.3) is 0 Å². The van der Waals surface area contributed by atoms with E-state index in [4.69, 9.17) is 0 Å². The topological polar surface area (TPSA) is 4.93 Å². The first-order valence-electron chi connectivity index (χ1n) is 8.65. The lowest BCUT2D eigenvalue weighted by molar-refractivity contribution is 1.18. The fourth-order valence-electron chi connectivity index (χ4n) is 3.15. The molecule has 1 nitrogen and oxygen atoms in total. The van der Waals surface area contributed by atoms with Crippen LogP contribution in [0.15, 0.2) is 72.8 Å². The van der Waals surface area contributed by atoms with Gasteiger partial charge in [-0.25, -0.2) is 0 Å². The second kappa shape index (κ2) is 5.95. The molecule has 0 saturated carbocycles. The lowest BCUT2D eigenvalue weighted by Gasteiger charge is -2.08. The quantitative estimate of drug-likeness (QED) is 0.295. The van der Waals surface area contributed by atoms with Crippen LogP contribution in [0.3, 0.4) is 0 Å². The molecule has 0 radical (unpaired) electrons. The van der Waals surface area contributed by atoms with Gasteiger partial charge in [-0.1, -0.05) is 62.0 Å². The van der Waals surface area contributed by atoms with Crippen molar-refractivity contribution in [2.75, 3.05) is 0 Å². The molecule has 0 fully saturated rings. The number of hydrogen-bond donors (Lipinski definition) is 0. The lowest BCUT2D eigenvalue weighted by atomic mass is 10.2. The summed E-state index contributed by atoms with van der Waals surface area (Å²) in [5, 5.41) is 2.58. The minimum atomic E-state index is -1.35. The van der Waals surface area contributed by atoms with E-state index in [-0.39, 0.29) is 0 Å². The van der Waals surface area contributed by atoms with Crippen LogP contribution < -0.4 is 0 Å². The van der Waals surface area contributed by atoms with Crippen LogP contribution in [0.5, 0.6) is 0 Å². The van der Waals surface area contributed by atoms with E-state index >= 15 is 0 Å². The minimum absolute atomic E-state index is 1.09. The molecule has 0 aliphatic carbocycles. The lowest BCUT2D eigenvalue weighted by Crippen LogP contribution is -2.16. The molecule has 122 valence electrons. The SMILES string of the molecule is C[Si](C)(C)C#Cc1ccc(-n2c3ccccc3c3ccccc32)cc1. The van der Waals surface area contributed by atoms with Gasteiger partial charge in [0.15, 0.2) is 0 Å². The Kier molecular flexibility index (Phi) is 3.75. The highest BCUT2D eigenvalue weighted by Gasteiger charge is 2.11. The van der Waals surface area contributed by atoms with E-state index in [9.17, 15) is 0 Å². The molecular weight excluding hydrogens is 318 g/mol. The molecule has 1 heterocycles. The molecule has 0 bridgehead atoms. The van der Waals surface area contributed by atoms with Crippen LogP contribution in [0.25, 0.3) is 27.5 Å². The van der Waals surface area contributed by atoms with Crippen LogP contribution in [-0.2, 0) is 0 Å². The smallest absolute Gasteiger partial charge is 0.129 e. The van der Waals surface area contributed by atoms with E-state index in [1.54, 1.807) is 0 Å². The van der Waals surface area contributed by atoms with Crippen molar-refractivity contribution in [3.8, 4) is 17.2 Å². The Hall–Kier alpha value is -2.76. The molecule has 0 amide bonds. The average molecular weight is 340 g/mol. The summed E-state index contributed by atoms with van der Waals surface area (Å²) in [5.41, 5.74) is 8.18. The maximum atomic E-state index is 3.43. The number of fused-ring (bicyclic) bond motifs is 3. The Bertz CT molecular complexity index is 1060. The van der Waals surface area contributed by atoms with Crippen LogP contribution in [0.4, 0.5) is 0 Å². The summed E-state index contributed by atoms with van der Waals surface area (Å²) in [6.45, 7) is 6.81. The average Bonchev–Trinajstić information content (AvgIpc) is 2.94. The summed E-state index contributed by atoms with van der Waals surface area (Å²) in [6, 6.07) is 25.8. The predicted molar refractivity (Wildman–Crippen MR) is 111 cm³/mol. The summed E-state index contributed by atoms with van der Waals surface area (Å²) >= 11 is 0. The van der Waals surface area contributed by atoms with Crippen molar-refractivity contribution in [3.63, 3.8) is 0 Å². The molecule has 1 aromatic heterocycles. The Morgan fingerprint density at radius 1 is 0.680 bits per heavy atom. The van der Waals surface area contributed by atoms with Crippen molar-refractivity contribution in [2.24, 2.45) is 0 Å². The Labute approximate surface area is 149 Å². The van der Waals surface area contributed by atoms with Crippen molar-refractivity contribution in [1.82, 2.24) is 4.57 Å². The first-order valence-corrected chi connectivity index (χ1v) is 12.1. The molecule has 0 saturated heterocycles. The predicted octanol–water partition coefficient (Wildman–Crippen LogP) is 6.01. The highest BCUT2D eigenvalue weighted by molar-refractivity contribution is 6.83. The zero-order valence-electron chi connectivity index (χ0n) is 14.9.